The lowest BCUT2D eigenvalue weighted by Crippen LogP contribution is -2.21. The van der Waals surface area contributed by atoms with E-state index in [9.17, 15) is 25.3 Å². The number of nitrogens with zero attached hydrogens (tertiary/aromatic N) is 5. The standard InChI is InChI=1S/C14H15N5O5/c1-9-10(8-20)5-12(18(21)22)14(13(9)19(23)24)17(2)7-11-6-15-3-4-16-11/h3-6,20H,7-8H2,1-2H3. The van der Waals surface area contributed by atoms with Crippen molar-refractivity contribution >= 4 is 17.1 Å². The van der Waals surface area contributed by atoms with E-state index in [1.807, 2.05) is 0 Å². The average Bonchev–Trinajstić information content (AvgIpc) is 2.54. The maximum atomic E-state index is 11.5. The molecule has 0 aliphatic rings. The first-order valence-corrected chi connectivity index (χ1v) is 6.89. The molecule has 0 saturated carbocycles. The van der Waals surface area contributed by atoms with Crippen LogP contribution in [0.5, 0.6) is 0 Å². The molecule has 0 fully saturated rings. The molecule has 1 aromatic heterocycles. The summed E-state index contributed by atoms with van der Waals surface area (Å²) in [5.74, 6) is 0. The van der Waals surface area contributed by atoms with E-state index < -0.39 is 27.8 Å². The monoisotopic (exact) mass is 333 g/mol. The number of hydrogen-bond acceptors (Lipinski definition) is 8. The van der Waals surface area contributed by atoms with Crippen molar-refractivity contribution in [3.05, 3.63) is 61.7 Å². The molecule has 10 nitrogen and oxygen atoms in total. The van der Waals surface area contributed by atoms with Crippen molar-refractivity contribution < 1.29 is 15.0 Å². The fourth-order valence-corrected chi connectivity index (χ4v) is 2.43. The Kier molecular flexibility index (Phi) is 4.99. The first-order valence-electron chi connectivity index (χ1n) is 6.89. The van der Waals surface area contributed by atoms with Gasteiger partial charge in [-0.05, 0) is 12.5 Å². The van der Waals surface area contributed by atoms with Gasteiger partial charge in [0.05, 0.1) is 34.9 Å². The minimum Gasteiger partial charge on any atom is -0.392 e. The molecule has 10 heteroatoms. The van der Waals surface area contributed by atoms with E-state index in [2.05, 4.69) is 9.97 Å². The van der Waals surface area contributed by atoms with Crippen molar-refractivity contribution in [2.24, 2.45) is 0 Å². The van der Waals surface area contributed by atoms with E-state index in [1.165, 1.54) is 37.5 Å². The Labute approximate surface area is 136 Å². The van der Waals surface area contributed by atoms with Gasteiger partial charge in [-0.25, -0.2) is 0 Å². The lowest BCUT2D eigenvalue weighted by molar-refractivity contribution is -0.393. The second-order valence-electron chi connectivity index (χ2n) is 5.10. The molecular weight excluding hydrogens is 318 g/mol. The zero-order valence-corrected chi connectivity index (χ0v) is 13.0. The fraction of sp³-hybridized carbons (Fsp3) is 0.286. The Morgan fingerprint density at radius 2 is 1.96 bits per heavy atom. The van der Waals surface area contributed by atoms with E-state index in [-0.39, 0.29) is 23.4 Å². The highest BCUT2D eigenvalue weighted by molar-refractivity contribution is 5.78. The largest absolute Gasteiger partial charge is 0.392 e. The van der Waals surface area contributed by atoms with E-state index >= 15 is 0 Å². The fourth-order valence-electron chi connectivity index (χ4n) is 2.43. The number of aliphatic hydroxyl groups excluding tert-OH is 1. The summed E-state index contributed by atoms with van der Waals surface area (Å²) in [5, 5.41) is 32.2. The molecule has 1 N–H and O–H groups in total. The van der Waals surface area contributed by atoms with Gasteiger partial charge in [0, 0.05) is 31.1 Å². The zero-order chi connectivity index (χ0) is 17.9. The Balaban J connectivity index is 2.63. The van der Waals surface area contributed by atoms with Gasteiger partial charge in [0.15, 0.2) is 5.69 Å². The summed E-state index contributed by atoms with van der Waals surface area (Å²) in [6, 6.07) is 1.16. The summed E-state index contributed by atoms with van der Waals surface area (Å²) < 4.78 is 0. The smallest absolute Gasteiger partial charge is 0.302 e. The number of anilines is 1. The van der Waals surface area contributed by atoms with Crippen molar-refractivity contribution in [3.63, 3.8) is 0 Å². The van der Waals surface area contributed by atoms with Gasteiger partial charge in [0.25, 0.3) is 5.69 Å². The van der Waals surface area contributed by atoms with Crippen LogP contribution in [0.2, 0.25) is 0 Å². The number of hydrogen-bond donors (Lipinski definition) is 1. The second-order valence-corrected chi connectivity index (χ2v) is 5.10. The van der Waals surface area contributed by atoms with Crippen molar-refractivity contribution in [2.75, 3.05) is 11.9 Å². The van der Waals surface area contributed by atoms with Gasteiger partial charge >= 0.3 is 5.69 Å². The molecule has 126 valence electrons. The predicted octanol–water partition coefficient (Wildman–Crippen LogP) is 1.73. The minimum absolute atomic E-state index is 0.105. The van der Waals surface area contributed by atoms with E-state index in [1.54, 1.807) is 0 Å². The highest BCUT2D eigenvalue weighted by Gasteiger charge is 2.32. The predicted molar refractivity (Wildman–Crippen MR) is 84.5 cm³/mol. The average molecular weight is 333 g/mol. The van der Waals surface area contributed by atoms with Crippen LogP contribution >= 0.6 is 0 Å². The highest BCUT2D eigenvalue weighted by atomic mass is 16.6. The van der Waals surface area contributed by atoms with Crippen molar-refractivity contribution in [3.8, 4) is 0 Å². The Hall–Kier alpha value is -3.14. The molecule has 0 unspecified atom stereocenters. The molecule has 24 heavy (non-hydrogen) atoms. The first kappa shape index (κ1) is 17.2. The van der Waals surface area contributed by atoms with Crippen LogP contribution in [0.1, 0.15) is 16.8 Å². The highest BCUT2D eigenvalue weighted by Crippen LogP contribution is 2.41. The molecule has 0 bridgehead atoms. The minimum atomic E-state index is -0.700. The maximum absolute atomic E-state index is 11.5. The maximum Gasteiger partial charge on any atom is 0.302 e. The Morgan fingerprint density at radius 1 is 1.25 bits per heavy atom. The summed E-state index contributed by atoms with van der Waals surface area (Å²) in [6.07, 6.45) is 4.42. The zero-order valence-electron chi connectivity index (χ0n) is 13.0. The van der Waals surface area contributed by atoms with Crippen molar-refractivity contribution in [1.82, 2.24) is 9.97 Å². The molecule has 0 atom stereocenters. The van der Waals surface area contributed by atoms with E-state index in [0.29, 0.717) is 5.69 Å². The number of benzene rings is 1. The first-order chi connectivity index (χ1) is 11.4. The van der Waals surface area contributed by atoms with Gasteiger partial charge in [-0.3, -0.25) is 30.2 Å². The van der Waals surface area contributed by atoms with Crippen LogP contribution in [0, 0.1) is 27.2 Å². The van der Waals surface area contributed by atoms with Crippen LogP contribution in [-0.2, 0) is 13.2 Å². The molecule has 0 radical (unpaired) electrons. The summed E-state index contributed by atoms with van der Waals surface area (Å²) in [7, 11) is 1.50. The molecule has 2 rings (SSSR count). The van der Waals surface area contributed by atoms with E-state index in [4.69, 9.17) is 0 Å². The molecule has 0 saturated heterocycles. The Bertz CT molecular complexity index is 781. The van der Waals surface area contributed by atoms with Gasteiger partial charge in [0.1, 0.15) is 0 Å². The third-order valence-corrected chi connectivity index (χ3v) is 3.56. The van der Waals surface area contributed by atoms with Gasteiger partial charge in [-0.15, -0.1) is 0 Å². The molecule has 0 amide bonds. The van der Waals surface area contributed by atoms with Crippen LogP contribution in [0.3, 0.4) is 0 Å². The molecule has 2 aromatic rings. The lowest BCUT2D eigenvalue weighted by Gasteiger charge is -2.20. The van der Waals surface area contributed by atoms with Gasteiger partial charge in [0.2, 0.25) is 0 Å². The third-order valence-electron chi connectivity index (χ3n) is 3.56. The summed E-state index contributed by atoms with van der Waals surface area (Å²) in [4.78, 5) is 30.8. The van der Waals surface area contributed by atoms with Crippen LogP contribution in [0.25, 0.3) is 0 Å². The Morgan fingerprint density at radius 3 is 2.46 bits per heavy atom. The van der Waals surface area contributed by atoms with Gasteiger partial charge in [-0.1, -0.05) is 0 Å². The molecule has 1 aromatic carbocycles. The number of nitro groups is 2. The van der Waals surface area contributed by atoms with Crippen LogP contribution in [-0.4, -0.2) is 32.0 Å². The van der Waals surface area contributed by atoms with Crippen LogP contribution in [0.15, 0.2) is 24.7 Å². The number of aliphatic hydroxyl groups is 1. The molecule has 0 spiro atoms. The summed E-state index contributed by atoms with van der Waals surface area (Å²) >= 11 is 0. The number of rotatable bonds is 6. The molecule has 0 aliphatic carbocycles. The third kappa shape index (κ3) is 3.27. The van der Waals surface area contributed by atoms with Crippen LogP contribution < -0.4 is 4.90 Å². The number of nitro benzene ring substituents is 2. The molecule has 1 heterocycles. The second kappa shape index (κ2) is 6.96. The quantitative estimate of drug-likeness (QED) is 0.623. The van der Waals surface area contributed by atoms with Gasteiger partial charge in [-0.2, -0.15) is 0 Å². The number of aromatic nitrogens is 2. The topological polar surface area (TPSA) is 136 Å². The summed E-state index contributed by atoms with van der Waals surface area (Å²) in [6.45, 7) is 1.03. The molecular formula is C14H15N5O5. The SMILES string of the molecule is Cc1c(CO)cc([N+](=O)[O-])c(N(C)Cc2cnccn2)c1[N+](=O)[O-]. The normalized spacial score (nSPS) is 10.5. The summed E-state index contributed by atoms with van der Waals surface area (Å²) in [5.41, 5.74) is -0.139. The van der Waals surface area contributed by atoms with E-state index in [0.717, 1.165) is 6.07 Å². The lowest BCUT2D eigenvalue weighted by atomic mass is 10.0. The van der Waals surface area contributed by atoms with Crippen molar-refractivity contribution in [1.29, 1.82) is 0 Å². The molecule has 0 aliphatic heterocycles. The van der Waals surface area contributed by atoms with Gasteiger partial charge < -0.3 is 10.0 Å². The van der Waals surface area contributed by atoms with Crippen molar-refractivity contribution in [2.45, 2.75) is 20.1 Å². The van der Waals surface area contributed by atoms with Crippen LogP contribution in [0.4, 0.5) is 17.1 Å².